The fourth-order valence-electron chi connectivity index (χ4n) is 2.42. The highest BCUT2D eigenvalue weighted by molar-refractivity contribution is 7.89. The highest BCUT2D eigenvalue weighted by Crippen LogP contribution is 2.37. The van der Waals surface area contributed by atoms with Gasteiger partial charge in [-0.25, -0.2) is 17.7 Å². The Balaban J connectivity index is 2.03. The van der Waals surface area contributed by atoms with Gasteiger partial charge < -0.3 is 5.73 Å². The monoisotopic (exact) mass is 356 g/mol. The number of sulfonamides is 1. The lowest BCUT2D eigenvalue weighted by molar-refractivity contribution is 0.522. The normalized spacial score (nSPS) is 22.7. The maximum atomic E-state index is 12.2. The van der Waals surface area contributed by atoms with Crippen molar-refractivity contribution in [2.24, 2.45) is 10.7 Å². The summed E-state index contributed by atoms with van der Waals surface area (Å²) in [5, 5.41) is 9.00. The van der Waals surface area contributed by atoms with Crippen molar-refractivity contribution in [2.75, 3.05) is 12.8 Å². The van der Waals surface area contributed by atoms with Crippen molar-refractivity contribution < 1.29 is 8.42 Å². The maximum absolute atomic E-state index is 12.2. The molecule has 9 heteroatoms. The van der Waals surface area contributed by atoms with Crippen molar-refractivity contribution in [3.8, 4) is 16.5 Å². The van der Waals surface area contributed by atoms with E-state index in [-0.39, 0.29) is 11.7 Å². The number of nitrogens with zero attached hydrogens (tertiary/aromatic N) is 3. The standard InChI is InChI=1S/C15H13BN4O2S2/c1-20-14(18)19-15(16,9-24(20,21)22)13-6-5-12(23-13)11-4-2-3-10(7-11)8-17/h2-7H,9H2,1H3,(H2,18,19)/t15-/m0/s1. The molecular weight excluding hydrogens is 343 g/mol. The quantitative estimate of drug-likeness (QED) is 0.817. The average molecular weight is 356 g/mol. The van der Waals surface area contributed by atoms with Crippen molar-refractivity contribution >= 4 is 35.2 Å². The Morgan fingerprint density at radius 2 is 2.17 bits per heavy atom. The first-order valence-electron chi connectivity index (χ1n) is 6.97. The van der Waals surface area contributed by atoms with Crippen LogP contribution in [-0.4, -0.2) is 39.3 Å². The third-order valence-electron chi connectivity index (χ3n) is 3.77. The van der Waals surface area contributed by atoms with Gasteiger partial charge in [-0.2, -0.15) is 5.26 Å². The zero-order chi connectivity index (χ0) is 17.5. The maximum Gasteiger partial charge on any atom is 0.239 e. The van der Waals surface area contributed by atoms with E-state index < -0.39 is 15.5 Å². The van der Waals surface area contributed by atoms with E-state index in [4.69, 9.17) is 18.8 Å². The number of nitrogens with two attached hydrogens (primary N) is 1. The van der Waals surface area contributed by atoms with Crippen molar-refractivity contribution in [1.82, 2.24) is 4.31 Å². The Hall–Kier alpha value is -2.31. The molecule has 1 aromatic heterocycles. The molecule has 2 aromatic rings. The summed E-state index contributed by atoms with van der Waals surface area (Å²) in [4.78, 5) is 5.65. The van der Waals surface area contributed by atoms with E-state index in [1.165, 1.54) is 18.4 Å². The predicted molar refractivity (Wildman–Crippen MR) is 95.1 cm³/mol. The fourth-order valence-corrected chi connectivity index (χ4v) is 4.85. The summed E-state index contributed by atoms with van der Waals surface area (Å²) < 4.78 is 25.3. The Morgan fingerprint density at radius 3 is 2.83 bits per heavy atom. The van der Waals surface area contributed by atoms with Crippen LogP contribution in [0.4, 0.5) is 0 Å². The minimum Gasteiger partial charge on any atom is -0.369 e. The average Bonchev–Trinajstić information content (AvgIpc) is 3.03. The largest absolute Gasteiger partial charge is 0.369 e. The second-order valence-corrected chi connectivity index (χ2v) is 8.56. The summed E-state index contributed by atoms with van der Waals surface area (Å²) in [6.07, 6.45) is 0. The van der Waals surface area contributed by atoms with Crippen molar-refractivity contribution in [3.05, 3.63) is 46.8 Å². The number of thiophene rings is 1. The molecule has 0 unspecified atom stereocenters. The number of hydrogen-bond acceptors (Lipinski definition) is 6. The van der Waals surface area contributed by atoms with Gasteiger partial charge in [0.15, 0.2) is 0 Å². The molecule has 0 aliphatic carbocycles. The molecule has 0 fully saturated rings. The Morgan fingerprint density at radius 1 is 1.42 bits per heavy atom. The van der Waals surface area contributed by atoms with Crippen molar-refractivity contribution in [1.29, 1.82) is 5.26 Å². The smallest absolute Gasteiger partial charge is 0.239 e. The Kier molecular flexibility index (Phi) is 3.90. The molecule has 0 amide bonds. The third-order valence-corrected chi connectivity index (χ3v) is 6.89. The summed E-state index contributed by atoms with van der Waals surface area (Å²) in [6, 6.07) is 12.8. The first-order chi connectivity index (χ1) is 11.2. The molecule has 1 aliphatic heterocycles. The minimum absolute atomic E-state index is 0.134. The number of aliphatic imine (C=N–C) groups is 1. The molecule has 24 heavy (non-hydrogen) atoms. The van der Waals surface area contributed by atoms with E-state index in [0.29, 0.717) is 10.4 Å². The molecule has 3 rings (SSSR count). The number of guanidine groups is 1. The highest BCUT2D eigenvalue weighted by Gasteiger charge is 2.40. The van der Waals surface area contributed by atoms with Gasteiger partial charge in [-0.15, -0.1) is 11.3 Å². The molecular formula is C15H13BN4O2S2. The Bertz CT molecular complexity index is 977. The van der Waals surface area contributed by atoms with E-state index in [0.717, 1.165) is 14.7 Å². The number of hydrogen-bond donors (Lipinski definition) is 1. The summed E-state index contributed by atoms with van der Waals surface area (Å²) in [7, 11) is 3.97. The zero-order valence-corrected chi connectivity index (χ0v) is 14.4. The topological polar surface area (TPSA) is 99.5 Å². The molecule has 2 heterocycles. The van der Waals surface area contributed by atoms with Gasteiger partial charge in [-0.3, -0.25) is 0 Å². The molecule has 1 aromatic carbocycles. The van der Waals surface area contributed by atoms with Crippen LogP contribution < -0.4 is 5.73 Å². The van der Waals surface area contributed by atoms with Crippen LogP contribution in [0, 0.1) is 11.3 Å². The summed E-state index contributed by atoms with van der Waals surface area (Å²) >= 11 is 1.33. The van der Waals surface area contributed by atoms with Crippen LogP contribution in [0.3, 0.4) is 0 Å². The van der Waals surface area contributed by atoms with E-state index in [1.54, 1.807) is 24.3 Å². The zero-order valence-electron chi connectivity index (χ0n) is 12.8. The van der Waals surface area contributed by atoms with E-state index in [1.807, 2.05) is 12.1 Å². The van der Waals surface area contributed by atoms with Crippen molar-refractivity contribution in [3.63, 3.8) is 0 Å². The minimum atomic E-state index is -3.62. The summed E-state index contributed by atoms with van der Waals surface area (Å²) in [5.74, 6) is -0.486. The number of nitriles is 1. The Labute approximate surface area is 145 Å². The molecule has 0 spiro atoms. The van der Waals surface area contributed by atoms with Gasteiger partial charge in [0.25, 0.3) is 0 Å². The molecule has 1 atom stereocenters. The van der Waals surface area contributed by atoms with Gasteiger partial charge in [0, 0.05) is 16.8 Å². The molecule has 6 nitrogen and oxygen atoms in total. The van der Waals surface area contributed by atoms with E-state index in [2.05, 4.69) is 11.1 Å². The van der Waals surface area contributed by atoms with Crippen LogP contribution in [0.2, 0.25) is 0 Å². The SMILES string of the molecule is [B][C@@]1(c2ccc(-c3cccc(C#N)c3)s2)CS(=O)(=O)N(C)C(N)=N1. The van der Waals surface area contributed by atoms with Gasteiger partial charge >= 0.3 is 0 Å². The molecule has 120 valence electrons. The lowest BCUT2D eigenvalue weighted by Crippen LogP contribution is -2.51. The fraction of sp³-hybridized carbons (Fsp3) is 0.200. The predicted octanol–water partition coefficient (Wildman–Crippen LogP) is 1.20. The van der Waals surface area contributed by atoms with Crippen LogP contribution in [-0.2, 0) is 15.5 Å². The second-order valence-electron chi connectivity index (χ2n) is 5.47. The van der Waals surface area contributed by atoms with Gasteiger partial charge in [-0.05, 0) is 29.8 Å². The summed E-state index contributed by atoms with van der Waals surface area (Å²) in [6.45, 7) is 0. The van der Waals surface area contributed by atoms with Gasteiger partial charge in [0.2, 0.25) is 16.0 Å². The number of benzene rings is 1. The summed E-state index contributed by atoms with van der Waals surface area (Å²) in [5.41, 5.74) is 5.71. The van der Waals surface area contributed by atoms with Crippen LogP contribution in [0.25, 0.3) is 10.4 Å². The van der Waals surface area contributed by atoms with Gasteiger partial charge in [0.1, 0.15) is 7.85 Å². The van der Waals surface area contributed by atoms with Crippen LogP contribution in [0.1, 0.15) is 10.4 Å². The van der Waals surface area contributed by atoms with Crippen molar-refractivity contribution in [2.45, 2.75) is 5.44 Å². The first kappa shape index (κ1) is 16.5. The molecule has 0 bridgehead atoms. The molecule has 2 N–H and O–H groups in total. The molecule has 0 saturated heterocycles. The second kappa shape index (κ2) is 5.65. The third kappa shape index (κ3) is 2.79. The number of rotatable bonds is 2. The van der Waals surface area contributed by atoms with Crippen LogP contribution >= 0.6 is 11.3 Å². The lowest BCUT2D eigenvalue weighted by atomic mass is 9.78. The molecule has 1 aliphatic rings. The van der Waals surface area contributed by atoms with Crippen LogP contribution in [0.5, 0.6) is 0 Å². The molecule has 2 radical (unpaired) electrons. The van der Waals surface area contributed by atoms with E-state index in [9.17, 15) is 8.42 Å². The van der Waals surface area contributed by atoms with E-state index >= 15 is 0 Å². The van der Waals surface area contributed by atoms with Gasteiger partial charge in [0.05, 0.1) is 22.8 Å². The van der Waals surface area contributed by atoms with Crippen LogP contribution in [0.15, 0.2) is 41.4 Å². The van der Waals surface area contributed by atoms with Gasteiger partial charge in [-0.1, -0.05) is 12.1 Å². The first-order valence-corrected chi connectivity index (χ1v) is 9.39. The highest BCUT2D eigenvalue weighted by atomic mass is 32.2. The molecule has 0 saturated carbocycles. The lowest BCUT2D eigenvalue weighted by Gasteiger charge is -2.34.